The number of benzene rings is 2. The van der Waals surface area contributed by atoms with Crippen LogP contribution in [-0.2, 0) is 11.3 Å². The van der Waals surface area contributed by atoms with Crippen LogP contribution in [0.5, 0.6) is 0 Å². The molecule has 2 N–H and O–H groups in total. The molecule has 128 valence electrons. The van der Waals surface area contributed by atoms with E-state index in [0.717, 1.165) is 48.4 Å². The molecule has 1 amide bonds. The van der Waals surface area contributed by atoms with Crippen LogP contribution in [-0.4, -0.2) is 42.8 Å². The van der Waals surface area contributed by atoms with Gasteiger partial charge < -0.3 is 10.2 Å². The minimum atomic E-state index is -0.118. The zero-order chi connectivity index (χ0) is 17.2. The van der Waals surface area contributed by atoms with E-state index >= 15 is 0 Å². The number of nitrogens with one attached hydrogen (secondary N) is 2. The fraction of sp³-hybridized carbons (Fsp3) is 0.263. The fourth-order valence-electron chi connectivity index (χ4n) is 3.34. The van der Waals surface area contributed by atoms with Crippen molar-refractivity contribution in [2.45, 2.75) is 6.54 Å². The van der Waals surface area contributed by atoms with Gasteiger partial charge in [0.25, 0.3) is 5.91 Å². The number of carbonyl (C=O) groups is 1. The van der Waals surface area contributed by atoms with Gasteiger partial charge in [-0.25, -0.2) is 0 Å². The smallest absolute Gasteiger partial charge is 0.276 e. The quantitative estimate of drug-likeness (QED) is 0.821. The number of halogens is 1. The largest absolute Gasteiger partial charge is 0.328 e. The molecule has 2 aromatic carbocycles. The number of anilines is 1. The van der Waals surface area contributed by atoms with Gasteiger partial charge in [-0.3, -0.25) is 9.80 Å². The monoisotopic (exact) mass is 399 g/mol. The standard InChI is InChI=1S/C19H19BrN4O/c20-15-6-7-17-16(12-15)18(19(25)21-17)22-24-10-8-23(9-11-24)13-14-4-2-1-3-5-14/h1-7,12H,8-11,13H2,(H,21,22,25)/p+1. The molecule has 25 heavy (non-hydrogen) atoms. The number of quaternary nitrogens is 1. The molecule has 0 unspecified atom stereocenters. The Morgan fingerprint density at radius 1 is 1.12 bits per heavy atom. The summed E-state index contributed by atoms with van der Waals surface area (Å²) in [5.41, 5.74) is 3.59. The highest BCUT2D eigenvalue weighted by atomic mass is 79.9. The maximum absolute atomic E-state index is 12.2. The molecule has 2 aromatic rings. The molecule has 0 atom stereocenters. The van der Waals surface area contributed by atoms with E-state index in [0.29, 0.717) is 5.71 Å². The molecule has 0 aromatic heterocycles. The molecule has 0 spiro atoms. The number of rotatable bonds is 3. The van der Waals surface area contributed by atoms with E-state index in [1.165, 1.54) is 5.56 Å². The number of amides is 1. The van der Waals surface area contributed by atoms with Crippen LogP contribution in [0.2, 0.25) is 0 Å². The molecule has 5 nitrogen and oxygen atoms in total. The summed E-state index contributed by atoms with van der Waals surface area (Å²) >= 11 is 3.47. The van der Waals surface area contributed by atoms with E-state index in [2.05, 4.69) is 56.7 Å². The van der Waals surface area contributed by atoms with Gasteiger partial charge in [-0.2, -0.15) is 5.10 Å². The SMILES string of the molecule is O=C1Nc2ccc(Br)cc2/C1=N/N1CC[NH+](Cc2ccccc2)CC1. The summed E-state index contributed by atoms with van der Waals surface area (Å²) in [5, 5.41) is 9.55. The Hall–Kier alpha value is -2.18. The summed E-state index contributed by atoms with van der Waals surface area (Å²) in [5.74, 6) is -0.118. The molecule has 2 aliphatic rings. The third kappa shape index (κ3) is 3.60. The Labute approximate surface area is 155 Å². The number of hydrogen-bond donors (Lipinski definition) is 2. The minimum absolute atomic E-state index is 0.118. The highest BCUT2D eigenvalue weighted by Crippen LogP contribution is 2.27. The van der Waals surface area contributed by atoms with Crippen LogP contribution in [0.25, 0.3) is 0 Å². The van der Waals surface area contributed by atoms with E-state index in [9.17, 15) is 4.79 Å². The average molecular weight is 400 g/mol. The second-order valence-corrected chi connectivity index (χ2v) is 7.37. The maximum atomic E-state index is 12.2. The zero-order valence-corrected chi connectivity index (χ0v) is 15.4. The topological polar surface area (TPSA) is 49.1 Å². The highest BCUT2D eigenvalue weighted by Gasteiger charge is 2.28. The van der Waals surface area contributed by atoms with Crippen molar-refractivity contribution in [3.63, 3.8) is 0 Å². The van der Waals surface area contributed by atoms with Crippen molar-refractivity contribution in [3.05, 3.63) is 64.1 Å². The van der Waals surface area contributed by atoms with Gasteiger partial charge >= 0.3 is 0 Å². The van der Waals surface area contributed by atoms with Gasteiger partial charge in [-0.15, -0.1) is 0 Å². The number of piperazine rings is 1. The Morgan fingerprint density at radius 2 is 1.88 bits per heavy atom. The summed E-state index contributed by atoms with van der Waals surface area (Å²) in [4.78, 5) is 13.8. The Kier molecular flexibility index (Phi) is 4.55. The van der Waals surface area contributed by atoms with Crippen molar-refractivity contribution >= 4 is 33.2 Å². The van der Waals surface area contributed by atoms with Crippen molar-refractivity contribution < 1.29 is 9.69 Å². The van der Waals surface area contributed by atoms with Gasteiger partial charge in [0, 0.05) is 15.6 Å². The van der Waals surface area contributed by atoms with Crippen LogP contribution in [0.15, 0.2) is 58.1 Å². The lowest BCUT2D eigenvalue weighted by Gasteiger charge is -2.30. The Bertz CT molecular complexity index is 813. The van der Waals surface area contributed by atoms with Crippen LogP contribution in [0, 0.1) is 0 Å². The van der Waals surface area contributed by atoms with Crippen molar-refractivity contribution in [3.8, 4) is 0 Å². The molecular weight excluding hydrogens is 380 g/mol. The third-order valence-electron chi connectivity index (χ3n) is 4.69. The average Bonchev–Trinajstić information content (AvgIpc) is 2.93. The third-order valence-corrected chi connectivity index (χ3v) is 5.18. The van der Waals surface area contributed by atoms with Crippen molar-refractivity contribution in [1.82, 2.24) is 5.01 Å². The van der Waals surface area contributed by atoms with E-state index < -0.39 is 0 Å². The second kappa shape index (κ2) is 6.98. The fourth-order valence-corrected chi connectivity index (χ4v) is 3.70. The molecular formula is C19H20BrN4O+. The summed E-state index contributed by atoms with van der Waals surface area (Å²) < 4.78 is 0.951. The zero-order valence-electron chi connectivity index (χ0n) is 13.8. The van der Waals surface area contributed by atoms with E-state index in [1.807, 2.05) is 23.2 Å². The van der Waals surface area contributed by atoms with Gasteiger partial charge in [0.05, 0.1) is 31.9 Å². The molecule has 0 radical (unpaired) electrons. The molecule has 2 aliphatic heterocycles. The minimum Gasteiger partial charge on any atom is -0.328 e. The summed E-state index contributed by atoms with van der Waals surface area (Å²) in [6.07, 6.45) is 0. The van der Waals surface area contributed by atoms with Crippen molar-refractivity contribution in [1.29, 1.82) is 0 Å². The molecule has 1 fully saturated rings. The molecule has 1 saturated heterocycles. The lowest BCUT2D eigenvalue weighted by atomic mass is 10.1. The van der Waals surface area contributed by atoms with Crippen LogP contribution in [0.4, 0.5) is 5.69 Å². The van der Waals surface area contributed by atoms with Gasteiger partial charge in [-0.05, 0) is 18.2 Å². The van der Waals surface area contributed by atoms with Crippen molar-refractivity contribution in [2.24, 2.45) is 5.10 Å². The normalized spacial score (nSPS) is 19.2. The van der Waals surface area contributed by atoms with Crippen molar-refractivity contribution in [2.75, 3.05) is 31.5 Å². The van der Waals surface area contributed by atoms with Crippen LogP contribution in [0.3, 0.4) is 0 Å². The van der Waals surface area contributed by atoms with E-state index in [4.69, 9.17) is 0 Å². The molecule has 2 heterocycles. The first kappa shape index (κ1) is 16.3. The van der Waals surface area contributed by atoms with Crippen LogP contribution >= 0.6 is 15.9 Å². The number of hydrogen-bond acceptors (Lipinski definition) is 3. The number of nitrogens with zero attached hydrogens (tertiary/aromatic N) is 2. The van der Waals surface area contributed by atoms with Gasteiger partial charge in [0.2, 0.25) is 0 Å². The Balaban J connectivity index is 1.43. The molecule has 0 bridgehead atoms. The lowest BCUT2D eigenvalue weighted by Crippen LogP contribution is -3.13. The number of hydrazone groups is 1. The maximum Gasteiger partial charge on any atom is 0.276 e. The predicted octanol–water partition coefficient (Wildman–Crippen LogP) is 1.51. The Morgan fingerprint density at radius 3 is 2.64 bits per heavy atom. The first-order valence-electron chi connectivity index (χ1n) is 8.51. The van der Waals surface area contributed by atoms with E-state index in [-0.39, 0.29) is 5.91 Å². The van der Waals surface area contributed by atoms with Gasteiger partial charge in [0.1, 0.15) is 6.54 Å². The van der Waals surface area contributed by atoms with Gasteiger partial charge in [0.15, 0.2) is 5.71 Å². The van der Waals surface area contributed by atoms with E-state index in [1.54, 1.807) is 4.90 Å². The molecule has 4 rings (SSSR count). The molecule has 6 heteroatoms. The summed E-state index contributed by atoms with van der Waals surface area (Å²) in [7, 11) is 0. The second-order valence-electron chi connectivity index (χ2n) is 6.46. The van der Waals surface area contributed by atoms with Crippen LogP contribution in [0.1, 0.15) is 11.1 Å². The highest BCUT2D eigenvalue weighted by molar-refractivity contribution is 9.10. The van der Waals surface area contributed by atoms with Crippen LogP contribution < -0.4 is 10.2 Å². The first-order chi connectivity index (χ1) is 12.2. The van der Waals surface area contributed by atoms with Gasteiger partial charge in [-0.1, -0.05) is 46.3 Å². The number of fused-ring (bicyclic) bond motifs is 1. The summed E-state index contributed by atoms with van der Waals surface area (Å²) in [6.45, 7) is 4.82. The molecule has 0 aliphatic carbocycles. The first-order valence-corrected chi connectivity index (χ1v) is 9.31. The number of carbonyl (C=O) groups excluding carboxylic acids is 1. The lowest BCUT2D eigenvalue weighted by molar-refractivity contribution is -0.918. The molecule has 0 saturated carbocycles. The predicted molar refractivity (Wildman–Crippen MR) is 102 cm³/mol. The summed E-state index contributed by atoms with van der Waals surface area (Å²) in [6, 6.07) is 16.4.